The molecule has 32 heavy (non-hydrogen) atoms. The van der Waals surface area contributed by atoms with E-state index in [4.69, 9.17) is 4.74 Å². The van der Waals surface area contributed by atoms with E-state index in [1.165, 1.54) is 26.2 Å². The van der Waals surface area contributed by atoms with Crippen molar-refractivity contribution < 1.29 is 22.7 Å². The SMILES string of the molecule is COc1ccc(S(=O)(=O)N[C@@H](C)C(=O)N2CCN(CC(=O)Nc3ccccc3)CC2)cc1. The number of sulfonamides is 1. The van der Waals surface area contributed by atoms with E-state index in [9.17, 15) is 18.0 Å². The predicted molar refractivity (Wildman–Crippen MR) is 121 cm³/mol. The van der Waals surface area contributed by atoms with Crippen LogP contribution >= 0.6 is 0 Å². The van der Waals surface area contributed by atoms with Gasteiger partial charge in [-0.25, -0.2) is 8.42 Å². The first-order valence-corrected chi connectivity index (χ1v) is 11.8. The monoisotopic (exact) mass is 460 g/mol. The molecule has 0 spiro atoms. The first-order valence-electron chi connectivity index (χ1n) is 10.3. The topological polar surface area (TPSA) is 108 Å². The van der Waals surface area contributed by atoms with E-state index in [1.807, 2.05) is 35.2 Å². The summed E-state index contributed by atoms with van der Waals surface area (Å²) in [5.41, 5.74) is 0.740. The van der Waals surface area contributed by atoms with Crippen LogP contribution in [-0.4, -0.2) is 75.9 Å². The fourth-order valence-electron chi connectivity index (χ4n) is 3.43. The van der Waals surface area contributed by atoms with E-state index in [0.717, 1.165) is 5.69 Å². The van der Waals surface area contributed by atoms with E-state index < -0.39 is 16.1 Å². The highest BCUT2D eigenvalue weighted by molar-refractivity contribution is 7.89. The van der Waals surface area contributed by atoms with Crippen molar-refractivity contribution in [2.75, 3.05) is 45.2 Å². The fraction of sp³-hybridized carbons (Fsp3) is 0.364. The molecule has 0 bridgehead atoms. The Hall–Kier alpha value is -2.95. The quantitative estimate of drug-likeness (QED) is 0.612. The smallest absolute Gasteiger partial charge is 0.241 e. The number of carbonyl (C=O) groups excluding carboxylic acids is 2. The van der Waals surface area contributed by atoms with Crippen molar-refractivity contribution in [3.05, 3.63) is 54.6 Å². The van der Waals surface area contributed by atoms with Crippen LogP contribution < -0.4 is 14.8 Å². The molecule has 2 aromatic carbocycles. The molecular formula is C22H28N4O5S. The Balaban J connectivity index is 1.48. The zero-order valence-electron chi connectivity index (χ0n) is 18.2. The molecule has 1 atom stereocenters. The van der Waals surface area contributed by atoms with Crippen LogP contribution in [0.4, 0.5) is 5.69 Å². The molecule has 0 unspecified atom stereocenters. The summed E-state index contributed by atoms with van der Waals surface area (Å²) in [4.78, 5) is 28.6. The molecule has 10 heteroatoms. The van der Waals surface area contributed by atoms with Crippen molar-refractivity contribution in [3.63, 3.8) is 0 Å². The molecule has 2 aromatic rings. The first-order chi connectivity index (χ1) is 15.3. The lowest BCUT2D eigenvalue weighted by Crippen LogP contribution is -2.54. The van der Waals surface area contributed by atoms with Crippen LogP contribution in [0.5, 0.6) is 5.75 Å². The summed E-state index contributed by atoms with van der Waals surface area (Å²) in [5, 5.41) is 2.84. The molecule has 1 heterocycles. The molecular weight excluding hydrogens is 432 g/mol. The molecule has 0 saturated carbocycles. The summed E-state index contributed by atoms with van der Waals surface area (Å²) in [6.45, 7) is 3.68. The number of ether oxygens (including phenoxy) is 1. The van der Waals surface area contributed by atoms with Gasteiger partial charge in [0.25, 0.3) is 0 Å². The summed E-state index contributed by atoms with van der Waals surface area (Å²) in [5.74, 6) is 0.135. The average molecular weight is 461 g/mol. The zero-order chi connectivity index (χ0) is 23.1. The molecule has 1 saturated heterocycles. The molecule has 2 amide bonds. The normalized spacial score (nSPS) is 15.8. The highest BCUT2D eigenvalue weighted by atomic mass is 32.2. The Morgan fingerprint density at radius 1 is 1.00 bits per heavy atom. The Morgan fingerprint density at radius 3 is 2.22 bits per heavy atom. The Labute approximate surface area is 188 Å². The van der Waals surface area contributed by atoms with Gasteiger partial charge < -0.3 is 15.0 Å². The number of piperazine rings is 1. The number of para-hydroxylation sites is 1. The number of nitrogens with zero attached hydrogens (tertiary/aromatic N) is 2. The Kier molecular flexibility index (Phi) is 7.84. The van der Waals surface area contributed by atoms with Crippen LogP contribution in [0.2, 0.25) is 0 Å². The van der Waals surface area contributed by atoms with E-state index in [0.29, 0.717) is 31.9 Å². The van der Waals surface area contributed by atoms with E-state index in [-0.39, 0.29) is 23.3 Å². The maximum absolute atomic E-state index is 12.8. The van der Waals surface area contributed by atoms with E-state index in [2.05, 4.69) is 10.0 Å². The van der Waals surface area contributed by atoms with Crippen molar-refractivity contribution in [3.8, 4) is 5.75 Å². The molecule has 2 N–H and O–H groups in total. The fourth-order valence-corrected chi connectivity index (χ4v) is 4.63. The van der Waals surface area contributed by atoms with Gasteiger partial charge in [-0.1, -0.05) is 18.2 Å². The second kappa shape index (κ2) is 10.6. The van der Waals surface area contributed by atoms with Crippen molar-refractivity contribution >= 4 is 27.5 Å². The minimum Gasteiger partial charge on any atom is -0.497 e. The number of nitrogens with one attached hydrogen (secondary N) is 2. The number of rotatable bonds is 8. The second-order valence-corrected chi connectivity index (χ2v) is 9.25. The van der Waals surface area contributed by atoms with Crippen LogP contribution in [0, 0.1) is 0 Å². The van der Waals surface area contributed by atoms with Gasteiger partial charge in [0.1, 0.15) is 5.75 Å². The van der Waals surface area contributed by atoms with Crippen LogP contribution in [0.15, 0.2) is 59.5 Å². The van der Waals surface area contributed by atoms with Gasteiger partial charge in [0, 0.05) is 31.9 Å². The lowest BCUT2D eigenvalue weighted by Gasteiger charge is -2.35. The number of carbonyl (C=O) groups is 2. The van der Waals surface area contributed by atoms with Crippen molar-refractivity contribution in [1.82, 2.24) is 14.5 Å². The van der Waals surface area contributed by atoms with Crippen LogP contribution in [0.1, 0.15) is 6.92 Å². The molecule has 172 valence electrons. The Morgan fingerprint density at radius 2 is 1.62 bits per heavy atom. The summed E-state index contributed by atoms with van der Waals surface area (Å²) in [6.07, 6.45) is 0. The van der Waals surface area contributed by atoms with Crippen LogP contribution in [0.25, 0.3) is 0 Å². The van der Waals surface area contributed by atoms with Gasteiger partial charge in [0.05, 0.1) is 24.6 Å². The molecule has 0 radical (unpaired) electrons. The second-order valence-electron chi connectivity index (χ2n) is 7.53. The lowest BCUT2D eigenvalue weighted by molar-refractivity contribution is -0.134. The summed E-state index contributed by atoms with van der Waals surface area (Å²) in [7, 11) is -2.34. The number of amides is 2. The summed E-state index contributed by atoms with van der Waals surface area (Å²) >= 11 is 0. The van der Waals surface area contributed by atoms with Gasteiger partial charge in [-0.3, -0.25) is 14.5 Å². The standard InChI is InChI=1S/C22H28N4O5S/c1-17(24-32(29,30)20-10-8-19(31-2)9-11-20)22(28)26-14-12-25(13-15-26)16-21(27)23-18-6-4-3-5-7-18/h3-11,17,24H,12-16H2,1-2H3,(H,23,27)/t17-/m0/s1. The molecule has 0 aromatic heterocycles. The summed E-state index contributed by atoms with van der Waals surface area (Å²) in [6, 6.07) is 14.3. The van der Waals surface area contributed by atoms with Gasteiger partial charge in [0.2, 0.25) is 21.8 Å². The Bertz CT molecular complexity index is 1020. The predicted octanol–water partition coefficient (Wildman–Crippen LogP) is 1.14. The van der Waals surface area contributed by atoms with Crippen molar-refractivity contribution in [2.45, 2.75) is 17.9 Å². The number of methoxy groups -OCH3 is 1. The van der Waals surface area contributed by atoms with Gasteiger partial charge in [-0.15, -0.1) is 0 Å². The molecule has 3 rings (SSSR count). The van der Waals surface area contributed by atoms with E-state index >= 15 is 0 Å². The zero-order valence-corrected chi connectivity index (χ0v) is 19.0. The lowest BCUT2D eigenvalue weighted by atomic mass is 10.2. The minimum absolute atomic E-state index is 0.0622. The average Bonchev–Trinajstić information content (AvgIpc) is 2.79. The van der Waals surface area contributed by atoms with Crippen molar-refractivity contribution in [1.29, 1.82) is 0 Å². The maximum Gasteiger partial charge on any atom is 0.241 e. The van der Waals surface area contributed by atoms with Gasteiger partial charge in [0.15, 0.2) is 0 Å². The number of hydrogen-bond donors (Lipinski definition) is 2. The van der Waals surface area contributed by atoms with Crippen molar-refractivity contribution in [2.24, 2.45) is 0 Å². The first kappa shape index (κ1) is 23.7. The molecule has 1 aliphatic heterocycles. The maximum atomic E-state index is 12.8. The number of benzene rings is 2. The third-order valence-electron chi connectivity index (χ3n) is 5.18. The molecule has 1 aliphatic rings. The highest BCUT2D eigenvalue weighted by Crippen LogP contribution is 2.16. The number of hydrogen-bond acceptors (Lipinski definition) is 6. The molecule has 1 fully saturated rings. The summed E-state index contributed by atoms with van der Waals surface area (Å²) < 4.78 is 32.6. The number of anilines is 1. The van der Waals surface area contributed by atoms with Crippen LogP contribution in [-0.2, 0) is 19.6 Å². The van der Waals surface area contributed by atoms with Gasteiger partial charge in [-0.05, 0) is 43.3 Å². The highest BCUT2D eigenvalue weighted by Gasteiger charge is 2.28. The molecule has 0 aliphatic carbocycles. The van der Waals surface area contributed by atoms with Crippen LogP contribution in [0.3, 0.4) is 0 Å². The van der Waals surface area contributed by atoms with Gasteiger partial charge >= 0.3 is 0 Å². The third kappa shape index (κ3) is 6.28. The van der Waals surface area contributed by atoms with Gasteiger partial charge in [-0.2, -0.15) is 4.72 Å². The third-order valence-corrected chi connectivity index (χ3v) is 6.74. The molecule has 9 nitrogen and oxygen atoms in total. The minimum atomic E-state index is -3.84. The largest absolute Gasteiger partial charge is 0.497 e. The van der Waals surface area contributed by atoms with E-state index in [1.54, 1.807) is 17.0 Å².